The van der Waals surface area contributed by atoms with E-state index in [-0.39, 0.29) is 27.1 Å². The molecule has 0 unspecified atom stereocenters. The number of aromatic nitrogens is 1. The van der Waals surface area contributed by atoms with Gasteiger partial charge in [0, 0.05) is 5.56 Å². The van der Waals surface area contributed by atoms with E-state index in [1.165, 1.54) is 0 Å². The lowest BCUT2D eigenvalue weighted by molar-refractivity contribution is 0.0691. The van der Waals surface area contributed by atoms with Gasteiger partial charge in [0.05, 0.1) is 28.5 Å². The van der Waals surface area contributed by atoms with Crippen LogP contribution in [0.1, 0.15) is 10.5 Å². The molecule has 5 nitrogen and oxygen atoms in total. The van der Waals surface area contributed by atoms with Crippen molar-refractivity contribution >= 4 is 34.9 Å². The van der Waals surface area contributed by atoms with Crippen LogP contribution in [-0.2, 0) is 0 Å². The molecule has 2 rings (SSSR count). The zero-order valence-electron chi connectivity index (χ0n) is 10.4. The summed E-state index contributed by atoms with van der Waals surface area (Å²) in [6.45, 7) is 0. The summed E-state index contributed by atoms with van der Waals surface area (Å²) in [5, 5.41) is 9.02. The van der Waals surface area contributed by atoms with Gasteiger partial charge in [-0.25, -0.2) is 9.78 Å². The number of ether oxygens (including phenoxy) is 1. The molecule has 0 atom stereocenters. The van der Waals surface area contributed by atoms with Gasteiger partial charge < -0.3 is 15.6 Å². The summed E-state index contributed by atoms with van der Waals surface area (Å²) in [5.74, 6) is -0.613. The smallest absolute Gasteiger partial charge is 0.356 e. The standard InChI is InChI=1S/C13H10Cl2N2O3/c1-20-7-4-2-6(3-5-7)11-8(14)10(16)9(15)12(17-11)13(18)19/h2-5H,1H3,(H2,16,17)(H,18,19). The first-order chi connectivity index (χ1) is 9.45. The molecule has 2 aromatic rings. The minimum Gasteiger partial charge on any atom is -0.497 e. The topological polar surface area (TPSA) is 85.4 Å². The minimum absolute atomic E-state index is 0.00782. The molecular formula is C13H10Cl2N2O3. The number of carboxylic acids is 1. The first-order valence-electron chi connectivity index (χ1n) is 5.48. The van der Waals surface area contributed by atoms with Crippen LogP contribution in [0.2, 0.25) is 10.0 Å². The molecule has 1 aromatic heterocycles. The first-order valence-corrected chi connectivity index (χ1v) is 6.23. The molecule has 20 heavy (non-hydrogen) atoms. The molecule has 1 heterocycles. The van der Waals surface area contributed by atoms with E-state index in [9.17, 15) is 4.79 Å². The Morgan fingerprint density at radius 1 is 1.25 bits per heavy atom. The molecular weight excluding hydrogens is 303 g/mol. The van der Waals surface area contributed by atoms with Crippen LogP contribution in [0.15, 0.2) is 24.3 Å². The van der Waals surface area contributed by atoms with Crippen molar-refractivity contribution in [3.63, 3.8) is 0 Å². The first kappa shape index (κ1) is 14.4. The Hall–Kier alpha value is -1.98. The van der Waals surface area contributed by atoms with Crippen LogP contribution in [0, 0.1) is 0 Å². The van der Waals surface area contributed by atoms with Gasteiger partial charge in [-0.15, -0.1) is 0 Å². The molecule has 0 saturated heterocycles. The lowest BCUT2D eigenvalue weighted by atomic mass is 10.1. The highest BCUT2D eigenvalue weighted by molar-refractivity contribution is 6.41. The van der Waals surface area contributed by atoms with Gasteiger partial charge in [-0.3, -0.25) is 0 Å². The van der Waals surface area contributed by atoms with Crippen LogP contribution in [0.5, 0.6) is 5.75 Å². The van der Waals surface area contributed by atoms with E-state index in [1.54, 1.807) is 31.4 Å². The molecule has 0 spiro atoms. The van der Waals surface area contributed by atoms with Crippen molar-refractivity contribution in [2.45, 2.75) is 0 Å². The summed E-state index contributed by atoms with van der Waals surface area (Å²) in [6.07, 6.45) is 0. The molecule has 1 aromatic carbocycles. The molecule has 3 N–H and O–H groups in total. The lowest BCUT2D eigenvalue weighted by Crippen LogP contribution is -2.06. The summed E-state index contributed by atoms with van der Waals surface area (Å²) in [7, 11) is 1.54. The van der Waals surface area contributed by atoms with Crippen molar-refractivity contribution in [3.8, 4) is 17.0 Å². The van der Waals surface area contributed by atoms with E-state index < -0.39 is 5.97 Å². The Kier molecular flexibility index (Phi) is 4.01. The van der Waals surface area contributed by atoms with Crippen molar-refractivity contribution in [1.82, 2.24) is 4.98 Å². The van der Waals surface area contributed by atoms with Gasteiger partial charge in [0.25, 0.3) is 0 Å². The average Bonchev–Trinajstić information content (AvgIpc) is 2.45. The Labute approximate surface area is 124 Å². The van der Waals surface area contributed by atoms with Gasteiger partial charge in [0.1, 0.15) is 5.75 Å². The number of nitrogens with zero attached hydrogens (tertiary/aromatic N) is 1. The van der Waals surface area contributed by atoms with E-state index in [4.69, 9.17) is 38.8 Å². The van der Waals surface area contributed by atoms with E-state index in [0.29, 0.717) is 11.3 Å². The number of hydrogen-bond donors (Lipinski definition) is 2. The molecule has 0 aliphatic rings. The van der Waals surface area contributed by atoms with Crippen molar-refractivity contribution in [1.29, 1.82) is 0 Å². The van der Waals surface area contributed by atoms with Crippen LogP contribution in [-0.4, -0.2) is 23.2 Å². The number of carboxylic acid groups (broad SMARTS) is 1. The van der Waals surface area contributed by atoms with Crippen molar-refractivity contribution in [2.75, 3.05) is 12.8 Å². The van der Waals surface area contributed by atoms with Gasteiger partial charge in [-0.1, -0.05) is 23.2 Å². The fourth-order valence-corrected chi connectivity index (χ4v) is 2.16. The third-order valence-electron chi connectivity index (χ3n) is 2.68. The van der Waals surface area contributed by atoms with Crippen LogP contribution >= 0.6 is 23.2 Å². The molecule has 0 aliphatic carbocycles. The van der Waals surface area contributed by atoms with Gasteiger partial charge in [-0.05, 0) is 24.3 Å². The molecule has 0 amide bonds. The second-order valence-electron chi connectivity index (χ2n) is 3.88. The number of rotatable bonds is 3. The largest absolute Gasteiger partial charge is 0.497 e. The van der Waals surface area contributed by atoms with E-state index in [1.807, 2.05) is 0 Å². The summed E-state index contributed by atoms with van der Waals surface area (Å²) in [6, 6.07) is 6.81. The van der Waals surface area contributed by atoms with E-state index in [0.717, 1.165) is 0 Å². The quantitative estimate of drug-likeness (QED) is 0.907. The molecule has 0 saturated carbocycles. The maximum absolute atomic E-state index is 11.1. The maximum Gasteiger partial charge on any atom is 0.356 e. The van der Waals surface area contributed by atoms with E-state index >= 15 is 0 Å². The molecule has 104 valence electrons. The van der Waals surface area contributed by atoms with Gasteiger partial charge in [0.2, 0.25) is 0 Å². The number of anilines is 1. The Balaban J connectivity index is 2.63. The van der Waals surface area contributed by atoms with Gasteiger partial charge >= 0.3 is 5.97 Å². The molecule has 0 radical (unpaired) electrons. The summed E-state index contributed by atoms with van der Waals surface area (Å²) in [5.41, 5.74) is 6.25. The normalized spacial score (nSPS) is 10.3. The number of methoxy groups -OCH3 is 1. The summed E-state index contributed by atoms with van der Waals surface area (Å²) in [4.78, 5) is 15.1. The second-order valence-corrected chi connectivity index (χ2v) is 4.64. The highest BCUT2D eigenvalue weighted by atomic mass is 35.5. The summed E-state index contributed by atoms with van der Waals surface area (Å²) < 4.78 is 5.05. The van der Waals surface area contributed by atoms with Crippen molar-refractivity contribution < 1.29 is 14.6 Å². The van der Waals surface area contributed by atoms with Crippen LogP contribution in [0.4, 0.5) is 5.69 Å². The molecule has 0 aliphatic heterocycles. The number of nitrogens with two attached hydrogens (primary N) is 1. The number of carbonyl (C=O) groups is 1. The van der Waals surface area contributed by atoms with Gasteiger partial charge in [0.15, 0.2) is 5.69 Å². The number of pyridine rings is 1. The number of aromatic carboxylic acids is 1. The van der Waals surface area contributed by atoms with Crippen LogP contribution in [0.25, 0.3) is 11.3 Å². The molecule has 7 heteroatoms. The Morgan fingerprint density at radius 2 is 1.85 bits per heavy atom. The molecule has 0 bridgehead atoms. The Morgan fingerprint density at radius 3 is 2.35 bits per heavy atom. The predicted octanol–water partition coefficient (Wildman–Crippen LogP) is 3.34. The minimum atomic E-state index is -1.27. The van der Waals surface area contributed by atoms with Crippen LogP contribution in [0.3, 0.4) is 0 Å². The fourth-order valence-electron chi connectivity index (χ4n) is 1.64. The highest BCUT2D eigenvalue weighted by Gasteiger charge is 2.20. The number of halogens is 2. The lowest BCUT2D eigenvalue weighted by Gasteiger charge is -2.10. The Bertz CT molecular complexity index is 672. The number of benzene rings is 1. The number of hydrogen-bond acceptors (Lipinski definition) is 4. The maximum atomic E-state index is 11.1. The predicted molar refractivity (Wildman–Crippen MR) is 77.6 cm³/mol. The fraction of sp³-hybridized carbons (Fsp3) is 0.0769. The zero-order valence-corrected chi connectivity index (χ0v) is 11.9. The van der Waals surface area contributed by atoms with E-state index in [2.05, 4.69) is 4.98 Å². The SMILES string of the molecule is COc1ccc(-c2nc(C(=O)O)c(Cl)c(N)c2Cl)cc1. The van der Waals surface area contributed by atoms with Gasteiger partial charge in [-0.2, -0.15) is 0 Å². The average molecular weight is 313 g/mol. The summed E-state index contributed by atoms with van der Waals surface area (Å²) >= 11 is 11.9. The second kappa shape index (κ2) is 5.56. The third kappa shape index (κ3) is 2.50. The van der Waals surface area contributed by atoms with Crippen LogP contribution < -0.4 is 10.5 Å². The molecule has 0 fully saturated rings. The highest BCUT2D eigenvalue weighted by Crippen LogP contribution is 2.37. The van der Waals surface area contributed by atoms with Crippen molar-refractivity contribution in [2.24, 2.45) is 0 Å². The van der Waals surface area contributed by atoms with Crippen molar-refractivity contribution in [3.05, 3.63) is 40.0 Å². The zero-order chi connectivity index (χ0) is 14.9. The third-order valence-corrected chi connectivity index (χ3v) is 3.44. The number of nitrogen functional groups attached to an aromatic ring is 1. The monoisotopic (exact) mass is 312 g/mol.